The van der Waals surface area contributed by atoms with Gasteiger partial charge in [-0.05, 0) is 61.7 Å². The lowest BCUT2D eigenvalue weighted by atomic mass is 9.35. The molecule has 120 valence electrons. The molecule has 2 N–H and O–H groups in total. The number of hydrogen-bond acceptors (Lipinski definition) is 4. The highest BCUT2D eigenvalue weighted by Crippen LogP contribution is 2.74. The summed E-state index contributed by atoms with van der Waals surface area (Å²) in [5, 5.41) is 17.8. The van der Waals surface area contributed by atoms with Gasteiger partial charge in [0, 0.05) is 10.8 Å². The minimum atomic E-state index is -1.44. The fourth-order valence-electron chi connectivity index (χ4n) is 5.51. The molecule has 0 unspecified atom stereocenters. The minimum Gasteiger partial charge on any atom is -0.481 e. The summed E-state index contributed by atoms with van der Waals surface area (Å²) in [6.45, 7) is 0. The van der Waals surface area contributed by atoms with Crippen LogP contribution in [0.4, 0.5) is 0 Å². The zero-order valence-electron chi connectivity index (χ0n) is 11.5. The highest BCUT2D eigenvalue weighted by Gasteiger charge is 2.75. The van der Waals surface area contributed by atoms with Gasteiger partial charge in [-0.2, -0.15) is 0 Å². The maximum Gasteiger partial charge on any atom is 0.309 e. The summed E-state index contributed by atoms with van der Waals surface area (Å²) in [7, 11) is 0. The van der Waals surface area contributed by atoms with E-state index in [1.165, 1.54) is 0 Å². The fourth-order valence-corrected chi connectivity index (χ4v) is 5.91. The zero-order valence-corrected chi connectivity index (χ0v) is 13.0. The molecule has 8 heteroatoms. The number of rotatable bonds is 4. The first-order valence-electron chi connectivity index (χ1n) is 6.88. The Labute approximate surface area is 135 Å². The summed E-state index contributed by atoms with van der Waals surface area (Å²) in [5.41, 5.74) is -5.50. The van der Waals surface area contributed by atoms with Gasteiger partial charge in [-0.25, -0.2) is 0 Å². The predicted molar refractivity (Wildman–Crippen MR) is 74.4 cm³/mol. The molecule has 0 aromatic rings. The number of carbonyl (C=O) groups is 4. The molecule has 0 aromatic heterocycles. The number of carbonyl (C=O) groups excluding carboxylic acids is 2. The van der Waals surface area contributed by atoms with Gasteiger partial charge in [-0.1, -0.05) is 0 Å². The first-order valence-corrected chi connectivity index (χ1v) is 7.64. The maximum absolute atomic E-state index is 12.0. The van der Waals surface area contributed by atoms with Crippen LogP contribution in [0.5, 0.6) is 0 Å². The highest BCUT2D eigenvalue weighted by molar-refractivity contribution is 6.66. The highest BCUT2D eigenvalue weighted by atomic mass is 35.5. The van der Waals surface area contributed by atoms with Crippen molar-refractivity contribution in [2.75, 3.05) is 0 Å². The second kappa shape index (κ2) is 4.23. The Morgan fingerprint density at radius 2 is 0.818 bits per heavy atom. The summed E-state index contributed by atoms with van der Waals surface area (Å²) in [5.74, 6) is -2.39. The van der Waals surface area contributed by atoms with E-state index in [1.807, 2.05) is 0 Å². The Kier molecular flexibility index (Phi) is 3.03. The van der Waals surface area contributed by atoms with Gasteiger partial charge < -0.3 is 10.2 Å². The van der Waals surface area contributed by atoms with Crippen LogP contribution in [-0.4, -0.2) is 32.6 Å². The second-order valence-corrected chi connectivity index (χ2v) is 8.03. The van der Waals surface area contributed by atoms with Gasteiger partial charge in [-0.3, -0.25) is 19.2 Å². The number of hydrogen-bond donors (Lipinski definition) is 2. The Morgan fingerprint density at radius 3 is 1.05 bits per heavy atom. The Morgan fingerprint density at radius 1 is 0.591 bits per heavy atom. The van der Waals surface area contributed by atoms with Crippen molar-refractivity contribution in [3.63, 3.8) is 0 Å². The minimum absolute atomic E-state index is 0.0292. The van der Waals surface area contributed by atoms with Crippen molar-refractivity contribution in [1.29, 1.82) is 0 Å². The molecule has 4 bridgehead atoms. The summed E-state index contributed by atoms with van der Waals surface area (Å²) < 4.78 is 0. The third-order valence-electron chi connectivity index (χ3n) is 5.80. The lowest BCUT2D eigenvalue weighted by Gasteiger charge is -2.65. The number of aliphatic carboxylic acids is 2. The third-order valence-corrected chi connectivity index (χ3v) is 6.60. The van der Waals surface area contributed by atoms with Gasteiger partial charge in [0.15, 0.2) is 0 Å². The number of halogens is 2. The third kappa shape index (κ3) is 1.74. The Bertz CT molecular complexity index is 483. The van der Waals surface area contributed by atoms with Crippen LogP contribution in [0.15, 0.2) is 0 Å². The SMILES string of the molecule is O=C(O)C12CC3(C(=O)O)CC(C(=O)Cl)(C1)CC(C(=O)Cl)(C2)C3. The molecule has 0 heterocycles. The van der Waals surface area contributed by atoms with Crippen molar-refractivity contribution in [2.24, 2.45) is 21.7 Å². The molecule has 6 nitrogen and oxygen atoms in total. The molecule has 0 amide bonds. The Hall–Kier alpha value is -1.14. The van der Waals surface area contributed by atoms with Gasteiger partial charge in [0.1, 0.15) is 0 Å². The van der Waals surface area contributed by atoms with Crippen molar-refractivity contribution >= 4 is 45.6 Å². The molecular formula is C14H14Cl2O6. The van der Waals surface area contributed by atoms with E-state index >= 15 is 0 Å². The summed E-state index contributed by atoms with van der Waals surface area (Å²) in [4.78, 5) is 47.7. The number of carboxylic acids is 2. The molecule has 22 heavy (non-hydrogen) atoms. The average Bonchev–Trinajstić information content (AvgIpc) is 2.36. The van der Waals surface area contributed by atoms with E-state index < -0.39 is 44.1 Å². The van der Waals surface area contributed by atoms with E-state index in [0.29, 0.717) is 0 Å². The molecule has 4 rings (SSSR count). The Balaban J connectivity index is 2.26. The normalized spacial score (nSPS) is 45.5. The lowest BCUT2D eigenvalue weighted by Crippen LogP contribution is -2.67. The first-order chi connectivity index (χ1) is 10.0. The lowest BCUT2D eigenvalue weighted by molar-refractivity contribution is -0.214. The molecule has 4 saturated carbocycles. The van der Waals surface area contributed by atoms with Gasteiger partial charge >= 0.3 is 11.9 Å². The van der Waals surface area contributed by atoms with Crippen LogP contribution in [0.3, 0.4) is 0 Å². The standard InChI is InChI=1S/C14H14Cl2O6/c15-7(17)11-1-12(8(16)18)4-13(2-11,9(19)20)6-14(3-11,5-12)10(21)22/h1-6H2,(H,19,20)(H,21,22). The van der Waals surface area contributed by atoms with Crippen molar-refractivity contribution < 1.29 is 29.4 Å². The van der Waals surface area contributed by atoms with Gasteiger partial charge in [-0.15, -0.1) is 0 Å². The average molecular weight is 349 g/mol. The van der Waals surface area contributed by atoms with Crippen LogP contribution in [0.2, 0.25) is 0 Å². The van der Waals surface area contributed by atoms with Gasteiger partial charge in [0.05, 0.1) is 10.8 Å². The summed E-state index contributed by atoms with van der Waals surface area (Å²) in [6, 6.07) is 0. The first kappa shape index (κ1) is 15.7. The summed E-state index contributed by atoms with van der Waals surface area (Å²) >= 11 is 11.4. The second-order valence-electron chi connectivity index (χ2n) is 7.34. The van der Waals surface area contributed by atoms with E-state index in [-0.39, 0.29) is 38.5 Å². The summed E-state index contributed by atoms with van der Waals surface area (Å²) in [6.07, 6.45) is -0.175. The largest absolute Gasteiger partial charge is 0.481 e. The van der Waals surface area contributed by atoms with Crippen molar-refractivity contribution in [2.45, 2.75) is 38.5 Å². The van der Waals surface area contributed by atoms with E-state index in [9.17, 15) is 29.4 Å². The van der Waals surface area contributed by atoms with E-state index in [4.69, 9.17) is 23.2 Å². The van der Waals surface area contributed by atoms with E-state index in [0.717, 1.165) is 0 Å². The van der Waals surface area contributed by atoms with E-state index in [2.05, 4.69) is 0 Å². The predicted octanol–water partition coefficient (Wildman–Crippen LogP) is 2.01. The molecule has 4 fully saturated rings. The van der Waals surface area contributed by atoms with E-state index in [1.54, 1.807) is 0 Å². The van der Waals surface area contributed by atoms with Crippen LogP contribution < -0.4 is 0 Å². The zero-order chi connectivity index (χ0) is 16.6. The maximum atomic E-state index is 12.0. The van der Waals surface area contributed by atoms with Crippen molar-refractivity contribution in [3.05, 3.63) is 0 Å². The number of carboxylic acid groups (broad SMARTS) is 2. The van der Waals surface area contributed by atoms with Crippen molar-refractivity contribution in [3.8, 4) is 0 Å². The van der Waals surface area contributed by atoms with Crippen LogP contribution in [0, 0.1) is 21.7 Å². The molecular weight excluding hydrogens is 335 g/mol. The molecule has 0 atom stereocenters. The molecule has 4 aliphatic rings. The molecule has 0 radical (unpaired) electrons. The molecule has 4 aliphatic carbocycles. The molecule has 0 spiro atoms. The quantitative estimate of drug-likeness (QED) is 0.752. The van der Waals surface area contributed by atoms with Crippen LogP contribution in [-0.2, 0) is 19.2 Å². The van der Waals surface area contributed by atoms with Crippen LogP contribution >= 0.6 is 23.2 Å². The smallest absolute Gasteiger partial charge is 0.309 e. The van der Waals surface area contributed by atoms with Crippen molar-refractivity contribution in [1.82, 2.24) is 0 Å². The molecule has 0 saturated heterocycles. The fraction of sp³-hybridized carbons (Fsp3) is 0.714. The van der Waals surface area contributed by atoms with Gasteiger partial charge in [0.2, 0.25) is 10.5 Å². The van der Waals surface area contributed by atoms with Crippen LogP contribution in [0.25, 0.3) is 0 Å². The topological polar surface area (TPSA) is 109 Å². The monoisotopic (exact) mass is 348 g/mol. The van der Waals surface area contributed by atoms with Crippen LogP contribution in [0.1, 0.15) is 38.5 Å². The molecule has 0 aliphatic heterocycles. The van der Waals surface area contributed by atoms with Gasteiger partial charge in [0.25, 0.3) is 0 Å². The molecule has 0 aromatic carbocycles.